The third-order valence-electron chi connectivity index (χ3n) is 9.74. The van der Waals surface area contributed by atoms with E-state index in [4.69, 9.17) is 0 Å². The average molecular weight is 658 g/mol. The van der Waals surface area contributed by atoms with Gasteiger partial charge in [-0.2, -0.15) is 0 Å². The second-order valence-corrected chi connectivity index (χ2v) is 13.3. The molecule has 252 valence electrons. The van der Waals surface area contributed by atoms with E-state index in [2.05, 4.69) is 10.2 Å². The van der Waals surface area contributed by atoms with E-state index < -0.39 is 5.92 Å². The van der Waals surface area contributed by atoms with Crippen LogP contribution in [-0.4, -0.2) is 73.3 Å². The van der Waals surface area contributed by atoms with Gasteiger partial charge in [-0.3, -0.25) is 14.4 Å². The number of likely N-dealkylation sites (N-methyl/N-ethyl adjacent to an activating group) is 1. The number of hydrogen-bond donors (Lipinski definition) is 1. The SMILES string of the molecule is Cc1cc2c(cc1C)N(C(=O)N1CCN(C)CC1)C(=O)C(C)CN2C(=O)c1ccc(NC(=O)c2ccccc2-c2c(C)cccc2C)cc1. The molecular weight excluding hydrogens is 614 g/mol. The van der Waals surface area contributed by atoms with E-state index in [9.17, 15) is 19.2 Å². The fraction of sp³-hybridized carbons (Fsp3) is 0.300. The van der Waals surface area contributed by atoms with E-state index in [1.165, 1.54) is 4.90 Å². The molecule has 2 aliphatic rings. The summed E-state index contributed by atoms with van der Waals surface area (Å²) in [6, 6.07) is 23.8. The Morgan fingerprint density at radius 1 is 0.735 bits per heavy atom. The molecule has 1 fully saturated rings. The maximum atomic E-state index is 14.2. The van der Waals surface area contributed by atoms with Crippen LogP contribution in [0, 0.1) is 33.6 Å². The molecule has 2 heterocycles. The van der Waals surface area contributed by atoms with Gasteiger partial charge in [0.25, 0.3) is 11.8 Å². The van der Waals surface area contributed by atoms with Gasteiger partial charge < -0.3 is 20.0 Å². The van der Waals surface area contributed by atoms with Crippen LogP contribution >= 0.6 is 0 Å². The lowest BCUT2D eigenvalue weighted by atomic mass is 9.92. The summed E-state index contributed by atoms with van der Waals surface area (Å²) in [5.74, 6) is -1.50. The van der Waals surface area contributed by atoms with Crippen molar-refractivity contribution >= 4 is 40.8 Å². The number of nitrogens with one attached hydrogen (secondary N) is 1. The molecule has 1 saturated heterocycles. The lowest BCUT2D eigenvalue weighted by molar-refractivity contribution is -0.120. The van der Waals surface area contributed by atoms with Crippen molar-refractivity contribution in [3.05, 3.63) is 112 Å². The predicted molar refractivity (Wildman–Crippen MR) is 194 cm³/mol. The highest BCUT2D eigenvalue weighted by Gasteiger charge is 2.39. The molecule has 0 aliphatic carbocycles. The van der Waals surface area contributed by atoms with Crippen LogP contribution in [-0.2, 0) is 4.79 Å². The Bertz CT molecular complexity index is 1920. The predicted octanol–water partition coefficient (Wildman–Crippen LogP) is 6.84. The van der Waals surface area contributed by atoms with Crippen LogP contribution in [0.5, 0.6) is 0 Å². The Hall–Kier alpha value is -5.28. The monoisotopic (exact) mass is 657 g/mol. The third-order valence-corrected chi connectivity index (χ3v) is 9.74. The van der Waals surface area contributed by atoms with Gasteiger partial charge in [0, 0.05) is 49.5 Å². The quantitative estimate of drug-likeness (QED) is 0.260. The molecule has 4 aromatic rings. The van der Waals surface area contributed by atoms with Gasteiger partial charge in [0.1, 0.15) is 0 Å². The largest absolute Gasteiger partial charge is 0.331 e. The highest BCUT2D eigenvalue weighted by atomic mass is 16.2. The number of benzene rings is 4. The number of imide groups is 1. The number of urea groups is 1. The molecule has 1 atom stereocenters. The minimum absolute atomic E-state index is 0.118. The van der Waals surface area contributed by atoms with Crippen LogP contribution in [0.4, 0.5) is 21.9 Å². The number of hydrogen-bond acceptors (Lipinski definition) is 5. The molecule has 0 radical (unpaired) electrons. The number of rotatable bonds is 4. The molecule has 0 spiro atoms. The topological polar surface area (TPSA) is 93.3 Å². The summed E-state index contributed by atoms with van der Waals surface area (Å²) in [5.41, 5.74) is 8.39. The highest BCUT2D eigenvalue weighted by molar-refractivity contribution is 6.20. The van der Waals surface area contributed by atoms with Crippen molar-refractivity contribution in [1.29, 1.82) is 0 Å². The first-order valence-electron chi connectivity index (χ1n) is 16.8. The lowest BCUT2D eigenvalue weighted by Crippen LogP contribution is -2.54. The van der Waals surface area contributed by atoms with Gasteiger partial charge in [-0.05, 0) is 111 Å². The van der Waals surface area contributed by atoms with Crippen molar-refractivity contribution in [2.75, 3.05) is 54.9 Å². The maximum absolute atomic E-state index is 14.2. The number of piperazine rings is 1. The van der Waals surface area contributed by atoms with Crippen molar-refractivity contribution in [1.82, 2.24) is 9.80 Å². The van der Waals surface area contributed by atoms with Crippen molar-refractivity contribution in [2.24, 2.45) is 5.92 Å². The Morgan fingerprint density at radius 3 is 2.00 bits per heavy atom. The molecule has 0 saturated carbocycles. The van der Waals surface area contributed by atoms with E-state index >= 15 is 0 Å². The number of anilines is 3. The zero-order valence-electron chi connectivity index (χ0n) is 29.0. The fourth-order valence-corrected chi connectivity index (χ4v) is 6.69. The Kier molecular flexibility index (Phi) is 9.39. The number of nitrogens with zero attached hydrogens (tertiary/aromatic N) is 4. The molecule has 5 amide bonds. The summed E-state index contributed by atoms with van der Waals surface area (Å²) in [6.45, 7) is 12.3. The summed E-state index contributed by atoms with van der Waals surface area (Å²) in [4.78, 5) is 62.3. The molecular formula is C40H43N5O4. The summed E-state index contributed by atoms with van der Waals surface area (Å²) in [5, 5.41) is 3.00. The van der Waals surface area contributed by atoms with E-state index in [0.717, 1.165) is 46.5 Å². The molecule has 1 N–H and O–H groups in total. The standard InChI is InChI=1S/C40H43N5O4/c1-25-10-9-11-26(2)36(25)32-12-7-8-13-33(32)37(46)41-31-16-14-30(15-17-31)39(48)44-24-29(5)38(47)45(35-23-28(4)27(3)22-34(35)44)40(49)43-20-18-42(6)19-21-43/h7-17,22-23,29H,18-21,24H2,1-6H3,(H,41,46). The zero-order chi connectivity index (χ0) is 35.0. The molecule has 1 unspecified atom stereocenters. The van der Waals surface area contributed by atoms with Gasteiger partial charge in [-0.15, -0.1) is 0 Å². The summed E-state index contributed by atoms with van der Waals surface area (Å²) >= 11 is 0. The Balaban J connectivity index is 1.27. The molecule has 9 nitrogen and oxygen atoms in total. The number of carbonyl (C=O) groups is 4. The van der Waals surface area contributed by atoms with Gasteiger partial charge >= 0.3 is 6.03 Å². The van der Waals surface area contributed by atoms with Crippen molar-refractivity contribution in [3.63, 3.8) is 0 Å². The number of carbonyl (C=O) groups excluding carboxylic acids is 4. The Morgan fingerprint density at radius 2 is 1.35 bits per heavy atom. The molecule has 9 heteroatoms. The number of aryl methyl sites for hydroxylation is 4. The maximum Gasteiger partial charge on any atom is 0.331 e. The summed E-state index contributed by atoms with van der Waals surface area (Å²) in [7, 11) is 2.01. The van der Waals surface area contributed by atoms with E-state index in [0.29, 0.717) is 41.3 Å². The normalized spacial score (nSPS) is 16.7. The lowest BCUT2D eigenvalue weighted by Gasteiger charge is -2.36. The average Bonchev–Trinajstić information content (AvgIpc) is 3.18. The first-order valence-corrected chi connectivity index (χ1v) is 16.8. The summed E-state index contributed by atoms with van der Waals surface area (Å²) in [6.07, 6.45) is 0. The van der Waals surface area contributed by atoms with E-state index in [1.807, 2.05) is 89.3 Å². The minimum Gasteiger partial charge on any atom is -0.322 e. The molecule has 0 bridgehead atoms. The van der Waals surface area contributed by atoms with Crippen molar-refractivity contribution in [2.45, 2.75) is 34.6 Å². The summed E-state index contributed by atoms with van der Waals surface area (Å²) < 4.78 is 0. The highest BCUT2D eigenvalue weighted by Crippen LogP contribution is 2.38. The number of fused-ring (bicyclic) bond motifs is 1. The second kappa shape index (κ2) is 13.7. The first-order chi connectivity index (χ1) is 23.4. The van der Waals surface area contributed by atoms with Crippen molar-refractivity contribution < 1.29 is 19.2 Å². The molecule has 4 aromatic carbocycles. The number of amides is 5. The van der Waals surface area contributed by atoms with Crippen LogP contribution < -0.4 is 15.1 Å². The van der Waals surface area contributed by atoms with Crippen LogP contribution in [0.15, 0.2) is 78.9 Å². The Labute approximate surface area is 288 Å². The molecule has 49 heavy (non-hydrogen) atoms. The zero-order valence-corrected chi connectivity index (χ0v) is 29.0. The van der Waals surface area contributed by atoms with Crippen LogP contribution in [0.25, 0.3) is 11.1 Å². The van der Waals surface area contributed by atoms with Crippen molar-refractivity contribution in [3.8, 4) is 11.1 Å². The fourth-order valence-electron chi connectivity index (χ4n) is 6.69. The molecule has 2 aliphatic heterocycles. The molecule has 0 aromatic heterocycles. The van der Waals surface area contributed by atoms with E-state index in [-0.39, 0.29) is 30.3 Å². The molecule has 6 rings (SSSR count). The van der Waals surface area contributed by atoms with Crippen LogP contribution in [0.3, 0.4) is 0 Å². The van der Waals surface area contributed by atoms with Gasteiger partial charge in [-0.1, -0.05) is 43.3 Å². The van der Waals surface area contributed by atoms with Gasteiger partial charge in [-0.25, -0.2) is 9.69 Å². The van der Waals surface area contributed by atoms with Crippen LogP contribution in [0.1, 0.15) is 49.9 Å². The minimum atomic E-state index is -0.621. The third kappa shape index (κ3) is 6.58. The van der Waals surface area contributed by atoms with Gasteiger partial charge in [0.2, 0.25) is 5.91 Å². The van der Waals surface area contributed by atoms with Gasteiger partial charge in [0.15, 0.2) is 0 Å². The smallest absolute Gasteiger partial charge is 0.322 e. The second-order valence-electron chi connectivity index (χ2n) is 13.3. The van der Waals surface area contributed by atoms with E-state index in [1.54, 1.807) is 41.0 Å². The first kappa shape index (κ1) is 33.6. The van der Waals surface area contributed by atoms with Crippen LogP contribution in [0.2, 0.25) is 0 Å². The van der Waals surface area contributed by atoms with Gasteiger partial charge in [0.05, 0.1) is 17.3 Å².